The third kappa shape index (κ3) is 4.27. The van der Waals surface area contributed by atoms with E-state index in [0.29, 0.717) is 5.69 Å². The first-order valence-corrected chi connectivity index (χ1v) is 6.22. The lowest BCUT2D eigenvalue weighted by Gasteiger charge is -2.07. The number of benzene rings is 1. The molecule has 21 heavy (non-hydrogen) atoms. The highest BCUT2D eigenvalue weighted by Crippen LogP contribution is 2.16. The first-order chi connectivity index (χ1) is 10.0. The highest BCUT2D eigenvalue weighted by Gasteiger charge is 2.10. The third-order valence-corrected chi connectivity index (χ3v) is 2.68. The number of nitrogens with one attached hydrogen (secondary N) is 2. The number of nitrogens with zero attached hydrogens (tertiary/aromatic N) is 1. The summed E-state index contributed by atoms with van der Waals surface area (Å²) in [6, 6.07) is 8.07. The molecule has 0 aliphatic rings. The van der Waals surface area contributed by atoms with Crippen molar-refractivity contribution in [2.75, 3.05) is 5.32 Å². The van der Waals surface area contributed by atoms with Crippen molar-refractivity contribution in [3.63, 3.8) is 0 Å². The van der Waals surface area contributed by atoms with Crippen molar-refractivity contribution >= 4 is 34.5 Å². The van der Waals surface area contributed by atoms with Crippen LogP contribution in [0.1, 0.15) is 12.8 Å². The van der Waals surface area contributed by atoms with Crippen molar-refractivity contribution in [1.29, 1.82) is 0 Å². The van der Waals surface area contributed by atoms with Gasteiger partial charge in [-0.3, -0.25) is 19.9 Å². The summed E-state index contributed by atoms with van der Waals surface area (Å²) in [5.74, 6) is -1.73. The fourth-order valence-electron chi connectivity index (χ4n) is 1.73. The second-order valence-electron chi connectivity index (χ2n) is 4.31. The van der Waals surface area contributed by atoms with E-state index < -0.39 is 17.9 Å². The number of urea groups is 1. The van der Waals surface area contributed by atoms with Crippen molar-refractivity contribution in [2.24, 2.45) is 0 Å². The molecule has 108 valence electrons. The number of aliphatic carboxylic acids is 1. The van der Waals surface area contributed by atoms with Gasteiger partial charge in [-0.25, -0.2) is 4.79 Å². The van der Waals surface area contributed by atoms with Gasteiger partial charge in [0.15, 0.2) is 0 Å². The molecule has 0 unspecified atom stereocenters. The van der Waals surface area contributed by atoms with Crippen molar-refractivity contribution in [3.8, 4) is 0 Å². The first kappa shape index (κ1) is 14.4. The van der Waals surface area contributed by atoms with Crippen molar-refractivity contribution in [3.05, 3.63) is 36.5 Å². The molecule has 0 fully saturated rings. The van der Waals surface area contributed by atoms with Gasteiger partial charge in [0, 0.05) is 23.7 Å². The Morgan fingerprint density at radius 2 is 1.95 bits per heavy atom. The quantitative estimate of drug-likeness (QED) is 0.793. The van der Waals surface area contributed by atoms with Gasteiger partial charge in [-0.2, -0.15) is 0 Å². The Hall–Kier alpha value is -2.96. The first-order valence-electron chi connectivity index (χ1n) is 6.22. The maximum atomic E-state index is 11.6. The molecule has 2 aromatic rings. The molecule has 2 rings (SSSR count). The number of carbonyl (C=O) groups is 3. The highest BCUT2D eigenvalue weighted by molar-refractivity contribution is 6.02. The number of pyridine rings is 1. The van der Waals surface area contributed by atoms with Crippen molar-refractivity contribution in [1.82, 2.24) is 10.3 Å². The van der Waals surface area contributed by atoms with Gasteiger partial charge < -0.3 is 10.4 Å². The van der Waals surface area contributed by atoms with E-state index in [-0.39, 0.29) is 12.8 Å². The van der Waals surface area contributed by atoms with Gasteiger partial charge in [0.1, 0.15) is 0 Å². The molecule has 7 nitrogen and oxygen atoms in total. The number of anilines is 1. The number of hydrogen-bond acceptors (Lipinski definition) is 4. The number of amides is 3. The summed E-state index contributed by atoms with van der Waals surface area (Å²) >= 11 is 0. The lowest BCUT2D eigenvalue weighted by atomic mass is 10.2. The van der Waals surface area contributed by atoms with Crippen LogP contribution in [0, 0.1) is 0 Å². The highest BCUT2D eigenvalue weighted by atomic mass is 16.4. The molecule has 7 heteroatoms. The summed E-state index contributed by atoms with van der Waals surface area (Å²) in [4.78, 5) is 37.4. The van der Waals surface area contributed by atoms with Gasteiger partial charge in [-0.15, -0.1) is 0 Å². The van der Waals surface area contributed by atoms with Crippen LogP contribution in [0.15, 0.2) is 36.5 Å². The number of carbonyl (C=O) groups excluding carboxylic acids is 2. The molecule has 0 spiro atoms. The van der Waals surface area contributed by atoms with E-state index in [1.807, 2.05) is 6.07 Å². The molecular weight excluding hydrogens is 274 g/mol. The van der Waals surface area contributed by atoms with Crippen LogP contribution >= 0.6 is 0 Å². The summed E-state index contributed by atoms with van der Waals surface area (Å²) in [5, 5.41) is 13.9. The summed E-state index contributed by atoms with van der Waals surface area (Å²) in [7, 11) is 0. The van der Waals surface area contributed by atoms with Gasteiger partial charge in [0.05, 0.1) is 11.9 Å². The van der Waals surface area contributed by atoms with Gasteiger partial charge in [0.25, 0.3) is 0 Å². The van der Waals surface area contributed by atoms with Gasteiger partial charge in [-0.05, 0) is 24.3 Å². The maximum absolute atomic E-state index is 11.6. The number of hydrogen-bond donors (Lipinski definition) is 3. The van der Waals surface area contributed by atoms with Crippen molar-refractivity contribution < 1.29 is 19.5 Å². The summed E-state index contributed by atoms with van der Waals surface area (Å²) in [6.07, 6.45) is 1.11. The predicted molar refractivity (Wildman–Crippen MR) is 75.8 cm³/mol. The minimum atomic E-state index is -1.09. The molecule has 0 radical (unpaired) electrons. The Labute approximate surface area is 120 Å². The molecule has 0 saturated carbocycles. The topological polar surface area (TPSA) is 108 Å². The average molecular weight is 287 g/mol. The summed E-state index contributed by atoms with van der Waals surface area (Å²) in [6.45, 7) is 0. The SMILES string of the molecule is O=C(O)CCC(=O)NC(=O)Nc1ccc2ncccc2c1. The lowest BCUT2D eigenvalue weighted by Crippen LogP contribution is -2.34. The van der Waals surface area contributed by atoms with E-state index in [1.54, 1.807) is 30.5 Å². The molecule has 3 N–H and O–H groups in total. The van der Waals surface area contributed by atoms with Crippen LogP contribution in [0.5, 0.6) is 0 Å². The van der Waals surface area contributed by atoms with E-state index >= 15 is 0 Å². The van der Waals surface area contributed by atoms with E-state index in [9.17, 15) is 14.4 Å². The molecule has 0 aliphatic carbocycles. The van der Waals surface area contributed by atoms with Crippen LogP contribution in [0.4, 0.5) is 10.5 Å². The van der Waals surface area contributed by atoms with Gasteiger partial charge in [-0.1, -0.05) is 6.07 Å². The second-order valence-corrected chi connectivity index (χ2v) is 4.31. The summed E-state index contributed by atoms with van der Waals surface area (Å²) in [5.41, 5.74) is 1.31. The molecule has 1 aromatic heterocycles. The molecule has 0 saturated heterocycles. The minimum absolute atomic E-state index is 0.246. The number of fused-ring (bicyclic) bond motifs is 1. The maximum Gasteiger partial charge on any atom is 0.325 e. The fourth-order valence-corrected chi connectivity index (χ4v) is 1.73. The minimum Gasteiger partial charge on any atom is -0.481 e. The Morgan fingerprint density at radius 1 is 1.14 bits per heavy atom. The predicted octanol–water partition coefficient (Wildman–Crippen LogP) is 1.75. The lowest BCUT2D eigenvalue weighted by molar-refractivity contribution is -0.138. The zero-order chi connectivity index (χ0) is 15.2. The van der Waals surface area contributed by atoms with Crippen LogP contribution in [-0.4, -0.2) is 28.0 Å². The zero-order valence-corrected chi connectivity index (χ0v) is 11.0. The average Bonchev–Trinajstić information content (AvgIpc) is 2.45. The Morgan fingerprint density at radius 3 is 2.71 bits per heavy atom. The van der Waals surface area contributed by atoms with Gasteiger partial charge in [0.2, 0.25) is 5.91 Å². The van der Waals surface area contributed by atoms with E-state index in [2.05, 4.69) is 15.6 Å². The molecule has 3 amide bonds. The van der Waals surface area contributed by atoms with E-state index in [0.717, 1.165) is 10.9 Å². The van der Waals surface area contributed by atoms with Crippen LogP contribution in [0.3, 0.4) is 0 Å². The molecular formula is C14H13N3O4. The van der Waals surface area contributed by atoms with Crippen LogP contribution in [-0.2, 0) is 9.59 Å². The number of carboxylic acid groups (broad SMARTS) is 1. The number of carboxylic acids is 1. The molecule has 0 bridgehead atoms. The van der Waals surface area contributed by atoms with E-state index in [1.165, 1.54) is 0 Å². The van der Waals surface area contributed by atoms with Crippen LogP contribution < -0.4 is 10.6 Å². The zero-order valence-electron chi connectivity index (χ0n) is 11.0. The monoisotopic (exact) mass is 287 g/mol. The normalized spacial score (nSPS) is 10.1. The molecule has 0 aliphatic heterocycles. The van der Waals surface area contributed by atoms with Crippen LogP contribution in [0.2, 0.25) is 0 Å². The number of imide groups is 1. The molecule has 1 aromatic carbocycles. The van der Waals surface area contributed by atoms with Crippen molar-refractivity contribution in [2.45, 2.75) is 12.8 Å². The second kappa shape index (κ2) is 6.47. The van der Waals surface area contributed by atoms with Crippen LogP contribution in [0.25, 0.3) is 10.9 Å². The van der Waals surface area contributed by atoms with E-state index in [4.69, 9.17) is 5.11 Å². The standard InChI is InChI=1S/C14H13N3O4/c18-12(5-6-13(19)20)17-14(21)16-10-3-4-11-9(8-10)2-1-7-15-11/h1-4,7-8H,5-6H2,(H,19,20)(H2,16,17,18,21). The Balaban J connectivity index is 1.94. The third-order valence-electron chi connectivity index (χ3n) is 2.68. The van der Waals surface area contributed by atoms with Gasteiger partial charge >= 0.3 is 12.0 Å². The smallest absolute Gasteiger partial charge is 0.325 e. The number of rotatable bonds is 4. The fraction of sp³-hybridized carbons (Fsp3) is 0.143. The molecule has 1 heterocycles. The molecule has 0 atom stereocenters. The largest absolute Gasteiger partial charge is 0.481 e. The number of aromatic nitrogens is 1. The summed E-state index contributed by atoms with van der Waals surface area (Å²) < 4.78 is 0. The Kier molecular flexibility index (Phi) is 4.45. The Bertz CT molecular complexity index is 699.